The Labute approximate surface area is 130 Å². The molecule has 0 spiro atoms. The van der Waals surface area contributed by atoms with Crippen molar-refractivity contribution in [3.63, 3.8) is 0 Å². The second-order valence-electron chi connectivity index (χ2n) is 5.31. The molecule has 0 radical (unpaired) electrons. The van der Waals surface area contributed by atoms with E-state index >= 15 is 0 Å². The molecule has 0 bridgehead atoms. The molecule has 1 aliphatic rings. The van der Waals surface area contributed by atoms with Gasteiger partial charge in [0.05, 0.1) is 12.8 Å². The second kappa shape index (κ2) is 6.30. The number of hydrogen-bond donors (Lipinski definition) is 4. The van der Waals surface area contributed by atoms with E-state index in [1.807, 2.05) is 0 Å². The summed E-state index contributed by atoms with van der Waals surface area (Å²) in [4.78, 5) is 0. The van der Waals surface area contributed by atoms with Crippen molar-refractivity contribution in [3.05, 3.63) is 36.3 Å². The van der Waals surface area contributed by atoms with E-state index in [0.717, 1.165) is 0 Å². The van der Waals surface area contributed by atoms with Crippen LogP contribution in [0.4, 0.5) is 4.39 Å². The fourth-order valence-electron chi connectivity index (χ4n) is 2.60. The Bertz CT molecular complexity index is 682. The predicted molar refractivity (Wildman–Crippen MR) is 74.4 cm³/mol. The molecule has 3 rings (SSSR count). The average molecular weight is 325 g/mol. The Balaban J connectivity index is 1.92. The van der Waals surface area contributed by atoms with Crippen molar-refractivity contribution in [2.45, 2.75) is 30.6 Å². The number of ether oxygens (including phenoxy) is 1. The molecule has 0 amide bonds. The van der Waals surface area contributed by atoms with Gasteiger partial charge in [0, 0.05) is 5.56 Å². The van der Waals surface area contributed by atoms with E-state index < -0.39 is 43.1 Å². The summed E-state index contributed by atoms with van der Waals surface area (Å²) >= 11 is 0. The molecule has 2 heterocycles. The molecule has 1 saturated heterocycles. The molecule has 1 aromatic carbocycles. The summed E-state index contributed by atoms with van der Waals surface area (Å²) in [5, 5.41) is 46.8. The van der Waals surface area contributed by atoms with Gasteiger partial charge < -0.3 is 25.2 Å². The van der Waals surface area contributed by atoms with Gasteiger partial charge in [0.2, 0.25) is 0 Å². The van der Waals surface area contributed by atoms with Crippen molar-refractivity contribution in [2.75, 3.05) is 6.61 Å². The summed E-state index contributed by atoms with van der Waals surface area (Å²) in [6.07, 6.45) is -4.00. The van der Waals surface area contributed by atoms with Crippen molar-refractivity contribution in [1.82, 2.24) is 15.0 Å². The Morgan fingerprint density at radius 3 is 2.70 bits per heavy atom. The van der Waals surface area contributed by atoms with Gasteiger partial charge in [-0.15, -0.1) is 5.10 Å². The Hall–Kier alpha value is -1.91. The highest BCUT2D eigenvalue weighted by Gasteiger charge is 2.45. The van der Waals surface area contributed by atoms with Crippen LogP contribution >= 0.6 is 0 Å². The number of nitrogens with zero attached hydrogens (tertiary/aromatic N) is 3. The number of aliphatic hydroxyl groups excluding tert-OH is 4. The first-order valence-corrected chi connectivity index (χ1v) is 6.99. The van der Waals surface area contributed by atoms with E-state index in [2.05, 4.69) is 10.3 Å². The third-order valence-corrected chi connectivity index (χ3v) is 3.80. The van der Waals surface area contributed by atoms with Crippen LogP contribution < -0.4 is 0 Å². The first-order chi connectivity index (χ1) is 11.0. The van der Waals surface area contributed by atoms with Gasteiger partial charge in [0.1, 0.15) is 35.9 Å². The number of benzene rings is 1. The zero-order chi connectivity index (χ0) is 16.6. The van der Waals surface area contributed by atoms with Gasteiger partial charge in [-0.1, -0.05) is 17.3 Å². The van der Waals surface area contributed by atoms with Crippen LogP contribution in [-0.4, -0.2) is 66.6 Å². The van der Waals surface area contributed by atoms with Crippen LogP contribution in [0.2, 0.25) is 0 Å². The lowest BCUT2D eigenvalue weighted by molar-refractivity contribution is -0.270. The van der Waals surface area contributed by atoms with E-state index in [0.29, 0.717) is 11.3 Å². The molecule has 1 fully saturated rings. The van der Waals surface area contributed by atoms with Gasteiger partial charge >= 0.3 is 0 Å². The van der Waals surface area contributed by atoms with E-state index in [9.17, 15) is 24.8 Å². The minimum Gasteiger partial charge on any atom is -0.394 e. The minimum atomic E-state index is -1.58. The highest BCUT2D eigenvalue weighted by Crippen LogP contribution is 2.29. The summed E-state index contributed by atoms with van der Waals surface area (Å²) in [5.41, 5.74) is 0.817. The molecular weight excluding hydrogens is 309 g/mol. The maximum atomic E-state index is 13.3. The minimum absolute atomic E-state index is 0.338. The smallest absolute Gasteiger partial charge is 0.183 e. The Kier molecular flexibility index (Phi) is 4.37. The number of aliphatic hydroxyl groups is 4. The van der Waals surface area contributed by atoms with Crippen molar-refractivity contribution < 1.29 is 29.6 Å². The van der Waals surface area contributed by atoms with Crippen LogP contribution in [0.5, 0.6) is 0 Å². The predicted octanol–water partition coefficient (Wildman–Crippen LogP) is -0.943. The van der Waals surface area contributed by atoms with Crippen molar-refractivity contribution in [3.8, 4) is 11.3 Å². The van der Waals surface area contributed by atoms with Gasteiger partial charge in [0.25, 0.3) is 0 Å². The normalized spacial score (nSPS) is 31.3. The number of hydrogen-bond acceptors (Lipinski definition) is 7. The van der Waals surface area contributed by atoms with Gasteiger partial charge in [-0.05, 0) is 12.1 Å². The van der Waals surface area contributed by atoms with Crippen LogP contribution in [0.1, 0.15) is 6.04 Å². The fraction of sp³-hybridized carbons (Fsp3) is 0.429. The molecular formula is C14H16FN3O5. The summed E-state index contributed by atoms with van der Waals surface area (Å²) in [5.74, 6) is -0.432. The summed E-state index contributed by atoms with van der Waals surface area (Å²) < 4.78 is 19.4. The van der Waals surface area contributed by atoms with Crippen LogP contribution in [0.25, 0.3) is 11.3 Å². The number of halogens is 1. The third-order valence-electron chi connectivity index (χ3n) is 3.80. The third kappa shape index (κ3) is 2.96. The Morgan fingerprint density at radius 1 is 1.22 bits per heavy atom. The SMILES string of the molecule is OCC1O[C@@H](O)C(O)C(n2cc(-c3cccc(F)c3)nn2)[C@H]1O. The zero-order valence-electron chi connectivity index (χ0n) is 11.9. The lowest BCUT2D eigenvalue weighted by Crippen LogP contribution is -2.55. The van der Waals surface area contributed by atoms with Gasteiger partial charge in [-0.25, -0.2) is 9.07 Å². The molecule has 8 nitrogen and oxygen atoms in total. The molecule has 5 atom stereocenters. The largest absolute Gasteiger partial charge is 0.394 e. The molecule has 124 valence electrons. The van der Waals surface area contributed by atoms with E-state index in [-0.39, 0.29) is 0 Å². The molecule has 0 aliphatic carbocycles. The summed E-state index contributed by atoms with van der Waals surface area (Å²) in [7, 11) is 0. The standard InChI is InChI=1S/C14H16FN3O5/c15-8-3-1-2-7(4-8)9-5-18(17-16-9)11-12(20)10(6-19)23-14(22)13(11)21/h1-5,10-14,19-22H,6H2/t10?,11?,12-,13?,14+/m0/s1. The molecule has 1 aromatic heterocycles. The van der Waals surface area contributed by atoms with Crippen molar-refractivity contribution in [2.24, 2.45) is 0 Å². The number of rotatable bonds is 3. The summed E-state index contributed by atoms with van der Waals surface area (Å²) in [6, 6.07) is 4.66. The molecule has 4 N–H and O–H groups in total. The number of aromatic nitrogens is 3. The molecule has 23 heavy (non-hydrogen) atoms. The highest BCUT2D eigenvalue weighted by molar-refractivity contribution is 5.57. The first kappa shape index (κ1) is 16.0. The first-order valence-electron chi connectivity index (χ1n) is 6.99. The lowest BCUT2D eigenvalue weighted by atomic mass is 9.96. The fourth-order valence-corrected chi connectivity index (χ4v) is 2.60. The molecule has 3 unspecified atom stereocenters. The topological polar surface area (TPSA) is 121 Å². The molecule has 0 saturated carbocycles. The molecule has 9 heteroatoms. The van der Waals surface area contributed by atoms with Crippen molar-refractivity contribution in [1.29, 1.82) is 0 Å². The van der Waals surface area contributed by atoms with Crippen molar-refractivity contribution >= 4 is 0 Å². The second-order valence-corrected chi connectivity index (χ2v) is 5.31. The Morgan fingerprint density at radius 2 is 2.00 bits per heavy atom. The molecule has 2 aromatic rings. The zero-order valence-corrected chi connectivity index (χ0v) is 11.9. The van der Waals surface area contributed by atoms with Gasteiger partial charge in [-0.3, -0.25) is 0 Å². The maximum Gasteiger partial charge on any atom is 0.183 e. The van der Waals surface area contributed by atoms with E-state index in [1.54, 1.807) is 6.07 Å². The van der Waals surface area contributed by atoms with E-state index in [1.165, 1.54) is 29.1 Å². The van der Waals surface area contributed by atoms with E-state index in [4.69, 9.17) is 4.74 Å². The van der Waals surface area contributed by atoms with Gasteiger partial charge in [0.15, 0.2) is 6.29 Å². The lowest BCUT2D eigenvalue weighted by Gasteiger charge is -2.39. The van der Waals surface area contributed by atoms with Crippen LogP contribution in [0.15, 0.2) is 30.5 Å². The quantitative estimate of drug-likeness (QED) is 0.574. The molecule has 1 aliphatic heterocycles. The van der Waals surface area contributed by atoms with Crippen LogP contribution in [0, 0.1) is 5.82 Å². The van der Waals surface area contributed by atoms with Gasteiger partial charge in [-0.2, -0.15) is 0 Å². The van der Waals surface area contributed by atoms with Crippen LogP contribution in [-0.2, 0) is 4.74 Å². The van der Waals surface area contributed by atoms with Crippen LogP contribution in [0.3, 0.4) is 0 Å². The monoisotopic (exact) mass is 325 g/mol. The summed E-state index contributed by atoms with van der Waals surface area (Å²) in [6.45, 7) is -0.535. The highest BCUT2D eigenvalue weighted by atomic mass is 19.1. The maximum absolute atomic E-state index is 13.3. The average Bonchev–Trinajstić information content (AvgIpc) is 3.01.